The van der Waals surface area contributed by atoms with E-state index in [0.29, 0.717) is 30.8 Å². The topological polar surface area (TPSA) is 89.2 Å². The molecule has 1 aliphatic rings. The third-order valence-electron chi connectivity index (χ3n) is 4.78. The normalized spacial score (nSPS) is 16.8. The average molecular weight is 346 g/mol. The number of pyridine rings is 2. The number of nitrogens with two attached hydrogens (primary N) is 1. The summed E-state index contributed by atoms with van der Waals surface area (Å²) in [7, 11) is 0. The number of hydrogen-bond acceptors (Lipinski definition) is 4. The largest absolute Gasteiger partial charge is 0.369 e. The zero-order valence-corrected chi connectivity index (χ0v) is 14.1. The molecule has 26 heavy (non-hydrogen) atoms. The summed E-state index contributed by atoms with van der Waals surface area (Å²) in [5.41, 5.74) is 8.28. The second-order valence-corrected chi connectivity index (χ2v) is 6.45. The van der Waals surface area contributed by atoms with Crippen molar-refractivity contribution in [2.24, 2.45) is 11.7 Å². The first-order chi connectivity index (χ1) is 12.6. The minimum absolute atomic E-state index is 0.0995. The summed E-state index contributed by atoms with van der Waals surface area (Å²) in [5, 5.41) is 0.799. The Balaban J connectivity index is 1.78. The van der Waals surface area contributed by atoms with Gasteiger partial charge in [0.1, 0.15) is 0 Å². The number of carbonyl (C=O) groups excluding carboxylic acids is 2. The van der Waals surface area contributed by atoms with Crippen molar-refractivity contribution in [2.75, 3.05) is 13.1 Å². The number of amides is 2. The maximum absolute atomic E-state index is 13.1. The predicted octanol–water partition coefficient (Wildman–Crippen LogP) is 2.24. The molecular formula is C20H18N4O2. The molecule has 3 heterocycles. The van der Waals surface area contributed by atoms with E-state index in [-0.39, 0.29) is 17.7 Å². The van der Waals surface area contributed by atoms with Gasteiger partial charge in [0.05, 0.1) is 22.7 Å². The van der Waals surface area contributed by atoms with E-state index in [1.165, 1.54) is 0 Å². The van der Waals surface area contributed by atoms with Crippen molar-refractivity contribution >= 4 is 22.7 Å². The number of benzene rings is 1. The van der Waals surface area contributed by atoms with E-state index in [2.05, 4.69) is 9.97 Å². The zero-order chi connectivity index (χ0) is 18.1. The van der Waals surface area contributed by atoms with E-state index >= 15 is 0 Å². The van der Waals surface area contributed by atoms with Gasteiger partial charge in [-0.15, -0.1) is 0 Å². The quantitative estimate of drug-likeness (QED) is 0.788. The lowest BCUT2D eigenvalue weighted by Crippen LogP contribution is -2.32. The number of primary amides is 1. The molecule has 0 bridgehead atoms. The van der Waals surface area contributed by atoms with Gasteiger partial charge >= 0.3 is 0 Å². The molecule has 6 nitrogen and oxygen atoms in total. The van der Waals surface area contributed by atoms with Gasteiger partial charge in [0.15, 0.2) is 0 Å². The van der Waals surface area contributed by atoms with E-state index in [1.54, 1.807) is 23.4 Å². The zero-order valence-electron chi connectivity index (χ0n) is 14.1. The Morgan fingerprint density at radius 3 is 2.73 bits per heavy atom. The van der Waals surface area contributed by atoms with Gasteiger partial charge in [-0.1, -0.05) is 18.2 Å². The first-order valence-electron chi connectivity index (χ1n) is 8.52. The van der Waals surface area contributed by atoms with Crippen LogP contribution >= 0.6 is 0 Å². The van der Waals surface area contributed by atoms with E-state index < -0.39 is 0 Å². The second-order valence-electron chi connectivity index (χ2n) is 6.45. The van der Waals surface area contributed by atoms with Crippen molar-refractivity contribution in [3.8, 4) is 11.3 Å². The molecule has 2 amide bonds. The Morgan fingerprint density at radius 1 is 1.15 bits per heavy atom. The van der Waals surface area contributed by atoms with Crippen molar-refractivity contribution in [2.45, 2.75) is 6.42 Å². The molecule has 1 atom stereocenters. The number of nitrogens with zero attached hydrogens (tertiary/aromatic N) is 3. The summed E-state index contributed by atoms with van der Waals surface area (Å²) in [6.07, 6.45) is 4.04. The van der Waals surface area contributed by atoms with Crippen molar-refractivity contribution in [3.63, 3.8) is 0 Å². The lowest BCUT2D eigenvalue weighted by molar-refractivity contribution is -0.121. The van der Waals surface area contributed by atoms with Crippen LogP contribution in [0.2, 0.25) is 0 Å². The summed E-state index contributed by atoms with van der Waals surface area (Å²) in [6, 6.07) is 13.1. The molecule has 4 rings (SSSR count). The fourth-order valence-corrected chi connectivity index (χ4v) is 3.36. The molecule has 0 radical (unpaired) electrons. The number of hydrogen-bond donors (Lipinski definition) is 1. The summed E-state index contributed by atoms with van der Waals surface area (Å²) < 4.78 is 0. The van der Waals surface area contributed by atoms with Crippen molar-refractivity contribution in [1.29, 1.82) is 0 Å². The number of likely N-dealkylation sites (tertiary alicyclic amines) is 1. The number of rotatable bonds is 3. The first-order valence-corrected chi connectivity index (χ1v) is 8.52. The lowest BCUT2D eigenvalue weighted by atomic mass is 10.0. The van der Waals surface area contributed by atoms with Crippen LogP contribution in [-0.4, -0.2) is 39.8 Å². The van der Waals surface area contributed by atoms with E-state index in [0.717, 1.165) is 16.5 Å². The Morgan fingerprint density at radius 2 is 2.00 bits per heavy atom. The van der Waals surface area contributed by atoms with Crippen molar-refractivity contribution < 1.29 is 9.59 Å². The van der Waals surface area contributed by atoms with Gasteiger partial charge in [-0.05, 0) is 30.7 Å². The molecule has 6 heteroatoms. The van der Waals surface area contributed by atoms with Gasteiger partial charge in [-0.25, -0.2) is 4.98 Å². The van der Waals surface area contributed by atoms with Gasteiger partial charge in [0.2, 0.25) is 5.91 Å². The van der Waals surface area contributed by atoms with Crippen LogP contribution in [0.25, 0.3) is 22.2 Å². The highest BCUT2D eigenvalue weighted by atomic mass is 16.2. The molecule has 0 aliphatic carbocycles. The molecule has 3 aromatic rings. The van der Waals surface area contributed by atoms with Crippen LogP contribution in [0, 0.1) is 5.92 Å². The van der Waals surface area contributed by atoms with Crippen molar-refractivity contribution in [3.05, 3.63) is 60.4 Å². The SMILES string of the molecule is NC(=O)C1CCN(C(=O)c2cc(-c3cccnc3)nc3ccccc23)C1. The summed E-state index contributed by atoms with van der Waals surface area (Å²) >= 11 is 0. The molecular weight excluding hydrogens is 328 g/mol. The fourth-order valence-electron chi connectivity index (χ4n) is 3.36. The van der Waals surface area contributed by atoms with E-state index in [1.807, 2.05) is 36.4 Å². The Kier molecular flexibility index (Phi) is 4.08. The van der Waals surface area contributed by atoms with Gasteiger partial charge in [-0.3, -0.25) is 14.6 Å². The second kappa shape index (κ2) is 6.55. The van der Waals surface area contributed by atoms with Crippen molar-refractivity contribution in [1.82, 2.24) is 14.9 Å². The highest BCUT2D eigenvalue weighted by Crippen LogP contribution is 2.27. The third kappa shape index (κ3) is 2.90. The summed E-state index contributed by atoms with van der Waals surface area (Å²) in [4.78, 5) is 35.1. The summed E-state index contributed by atoms with van der Waals surface area (Å²) in [5.74, 6) is -0.724. The summed E-state index contributed by atoms with van der Waals surface area (Å²) in [6.45, 7) is 0.901. The molecule has 0 spiro atoms. The lowest BCUT2D eigenvalue weighted by Gasteiger charge is -2.18. The van der Waals surface area contributed by atoms with E-state index in [4.69, 9.17) is 5.73 Å². The average Bonchev–Trinajstić information content (AvgIpc) is 3.18. The van der Waals surface area contributed by atoms with Gasteiger partial charge in [-0.2, -0.15) is 0 Å². The van der Waals surface area contributed by atoms with E-state index in [9.17, 15) is 9.59 Å². The van der Waals surface area contributed by atoms with Crippen LogP contribution in [0.15, 0.2) is 54.9 Å². The highest BCUT2D eigenvalue weighted by molar-refractivity contribution is 6.07. The van der Waals surface area contributed by atoms with Gasteiger partial charge < -0.3 is 10.6 Å². The number of aromatic nitrogens is 2. The molecule has 1 aliphatic heterocycles. The van der Waals surface area contributed by atoms with Crippen LogP contribution in [-0.2, 0) is 4.79 Å². The third-order valence-corrected chi connectivity index (χ3v) is 4.78. The number of carbonyl (C=O) groups is 2. The van der Waals surface area contributed by atoms with Crippen LogP contribution in [0.5, 0.6) is 0 Å². The minimum atomic E-state index is -0.351. The highest BCUT2D eigenvalue weighted by Gasteiger charge is 2.31. The Bertz CT molecular complexity index is 988. The molecule has 1 aromatic carbocycles. The smallest absolute Gasteiger partial charge is 0.254 e. The standard InChI is InChI=1S/C20H18N4O2/c21-19(25)14-7-9-24(12-14)20(26)16-10-18(13-4-3-8-22-11-13)23-17-6-2-1-5-15(16)17/h1-6,8,10-11,14H,7,9,12H2,(H2,21,25). The molecule has 130 valence electrons. The molecule has 1 fully saturated rings. The van der Waals surface area contributed by atoms with Crippen LogP contribution in [0.1, 0.15) is 16.8 Å². The van der Waals surface area contributed by atoms with Crippen LogP contribution < -0.4 is 5.73 Å². The maximum Gasteiger partial charge on any atom is 0.254 e. The molecule has 2 aromatic heterocycles. The molecule has 1 unspecified atom stereocenters. The van der Waals surface area contributed by atoms with Gasteiger partial charge in [0, 0.05) is 36.4 Å². The number of para-hydroxylation sites is 1. The number of fused-ring (bicyclic) bond motifs is 1. The van der Waals surface area contributed by atoms with Gasteiger partial charge in [0.25, 0.3) is 5.91 Å². The Labute approximate surface area is 150 Å². The first kappa shape index (κ1) is 16.2. The van der Waals surface area contributed by atoms with Crippen LogP contribution in [0.3, 0.4) is 0 Å². The fraction of sp³-hybridized carbons (Fsp3) is 0.200. The maximum atomic E-state index is 13.1. The van der Waals surface area contributed by atoms with Crippen LogP contribution in [0.4, 0.5) is 0 Å². The molecule has 2 N–H and O–H groups in total. The predicted molar refractivity (Wildman–Crippen MR) is 98.2 cm³/mol. The Hall–Kier alpha value is -3.28. The monoisotopic (exact) mass is 346 g/mol. The minimum Gasteiger partial charge on any atom is -0.369 e. The molecule has 0 saturated carbocycles. The molecule has 1 saturated heterocycles.